The average molecular weight is 241 g/mol. The highest BCUT2D eigenvalue weighted by Crippen LogP contribution is 2.35. The van der Waals surface area contributed by atoms with Crippen molar-refractivity contribution in [3.8, 4) is 5.75 Å². The zero-order chi connectivity index (χ0) is 12.3. The summed E-state index contributed by atoms with van der Waals surface area (Å²) in [6.07, 6.45) is 0.954. The highest BCUT2D eigenvalue weighted by molar-refractivity contribution is 5.56. The van der Waals surface area contributed by atoms with E-state index in [-0.39, 0.29) is 18.9 Å². The van der Waals surface area contributed by atoms with Gasteiger partial charge in [-0.15, -0.1) is 0 Å². The van der Waals surface area contributed by atoms with Crippen molar-refractivity contribution in [2.45, 2.75) is 37.6 Å². The van der Waals surface area contributed by atoms with Crippen LogP contribution >= 0.6 is 0 Å². The minimum absolute atomic E-state index is 0.0280. The summed E-state index contributed by atoms with van der Waals surface area (Å²) in [6.45, 7) is 0. The molecule has 1 aromatic carbocycles. The quantitative estimate of drug-likeness (QED) is 0.871. The first kappa shape index (κ1) is 12.1. The predicted octanol–water partition coefficient (Wildman–Crippen LogP) is 3.69. The van der Waals surface area contributed by atoms with Crippen LogP contribution in [-0.4, -0.2) is 19.1 Å². The molecule has 0 atom stereocenters. The van der Waals surface area contributed by atoms with Crippen molar-refractivity contribution < 1.29 is 13.5 Å². The molecule has 1 aliphatic rings. The normalized spacial score (nSPS) is 19.9. The second-order valence-electron chi connectivity index (χ2n) is 4.47. The number of anilines is 1. The van der Waals surface area contributed by atoms with E-state index < -0.39 is 5.92 Å². The van der Waals surface area contributed by atoms with Crippen LogP contribution in [0.3, 0.4) is 0 Å². The Hall–Kier alpha value is -1.32. The summed E-state index contributed by atoms with van der Waals surface area (Å²) < 4.78 is 31.2. The van der Waals surface area contributed by atoms with Gasteiger partial charge in [-0.05, 0) is 25.0 Å². The largest absolute Gasteiger partial charge is 0.495 e. The van der Waals surface area contributed by atoms with E-state index in [0.717, 1.165) is 11.4 Å². The number of para-hydroxylation sites is 2. The lowest BCUT2D eigenvalue weighted by molar-refractivity contribution is -0.0360. The summed E-state index contributed by atoms with van der Waals surface area (Å²) in [5.41, 5.74) is 0.880. The third kappa shape index (κ3) is 3.08. The van der Waals surface area contributed by atoms with E-state index >= 15 is 0 Å². The van der Waals surface area contributed by atoms with Crippen LogP contribution in [-0.2, 0) is 0 Å². The molecule has 1 aliphatic carbocycles. The lowest BCUT2D eigenvalue weighted by Gasteiger charge is -2.29. The average Bonchev–Trinajstić information content (AvgIpc) is 2.32. The Morgan fingerprint density at radius 1 is 1.24 bits per heavy atom. The van der Waals surface area contributed by atoms with Crippen molar-refractivity contribution in [3.63, 3.8) is 0 Å². The molecule has 0 unspecified atom stereocenters. The lowest BCUT2D eigenvalue weighted by Crippen LogP contribution is -2.32. The van der Waals surface area contributed by atoms with Crippen LogP contribution in [0.1, 0.15) is 25.7 Å². The molecule has 0 aliphatic heterocycles. The smallest absolute Gasteiger partial charge is 0.248 e. The molecule has 94 valence electrons. The first-order valence-corrected chi connectivity index (χ1v) is 5.88. The molecule has 4 heteroatoms. The Balaban J connectivity index is 1.98. The van der Waals surface area contributed by atoms with Crippen molar-refractivity contribution in [1.82, 2.24) is 0 Å². The number of rotatable bonds is 3. The molecule has 2 nitrogen and oxygen atoms in total. The van der Waals surface area contributed by atoms with Gasteiger partial charge in [-0.25, -0.2) is 8.78 Å². The van der Waals surface area contributed by atoms with Crippen molar-refractivity contribution in [3.05, 3.63) is 24.3 Å². The number of alkyl halides is 2. The predicted molar refractivity (Wildman–Crippen MR) is 63.8 cm³/mol. The summed E-state index contributed by atoms with van der Waals surface area (Å²) >= 11 is 0. The zero-order valence-electron chi connectivity index (χ0n) is 9.88. The molecule has 1 N–H and O–H groups in total. The van der Waals surface area contributed by atoms with Crippen LogP contribution in [0.25, 0.3) is 0 Å². The second kappa shape index (κ2) is 4.90. The van der Waals surface area contributed by atoms with Crippen LogP contribution in [0.2, 0.25) is 0 Å². The van der Waals surface area contributed by atoms with Crippen molar-refractivity contribution in [2.75, 3.05) is 12.4 Å². The van der Waals surface area contributed by atoms with Gasteiger partial charge in [-0.1, -0.05) is 12.1 Å². The Morgan fingerprint density at radius 3 is 2.53 bits per heavy atom. The summed E-state index contributed by atoms with van der Waals surface area (Å²) in [4.78, 5) is 0. The zero-order valence-corrected chi connectivity index (χ0v) is 9.88. The Kier molecular flexibility index (Phi) is 3.50. The SMILES string of the molecule is COc1ccccc1NC1CCC(F)(F)CC1. The van der Waals surface area contributed by atoms with Gasteiger partial charge in [0, 0.05) is 18.9 Å². The van der Waals surface area contributed by atoms with Gasteiger partial charge < -0.3 is 10.1 Å². The molecule has 1 aromatic rings. The monoisotopic (exact) mass is 241 g/mol. The van der Waals surface area contributed by atoms with Gasteiger partial charge in [0.15, 0.2) is 0 Å². The van der Waals surface area contributed by atoms with Gasteiger partial charge in [0.25, 0.3) is 0 Å². The fraction of sp³-hybridized carbons (Fsp3) is 0.538. The molecule has 0 bridgehead atoms. The Labute approximate surface area is 100.0 Å². The number of hydrogen-bond donors (Lipinski definition) is 1. The molecule has 0 spiro atoms. The third-order valence-corrected chi connectivity index (χ3v) is 3.18. The fourth-order valence-electron chi connectivity index (χ4n) is 2.17. The van der Waals surface area contributed by atoms with Crippen LogP contribution in [0.5, 0.6) is 5.75 Å². The Morgan fingerprint density at radius 2 is 1.88 bits per heavy atom. The van der Waals surface area contributed by atoms with E-state index in [2.05, 4.69) is 5.32 Å². The first-order valence-electron chi connectivity index (χ1n) is 5.88. The number of benzene rings is 1. The molecule has 1 fully saturated rings. The van der Waals surface area contributed by atoms with E-state index in [9.17, 15) is 8.78 Å². The maximum atomic E-state index is 13.0. The van der Waals surface area contributed by atoms with Crippen molar-refractivity contribution in [2.24, 2.45) is 0 Å². The van der Waals surface area contributed by atoms with Crippen molar-refractivity contribution in [1.29, 1.82) is 0 Å². The van der Waals surface area contributed by atoms with Gasteiger partial charge in [0.05, 0.1) is 12.8 Å². The van der Waals surface area contributed by atoms with Crippen molar-refractivity contribution >= 4 is 5.69 Å². The summed E-state index contributed by atoms with van der Waals surface area (Å²) in [7, 11) is 1.61. The summed E-state index contributed by atoms with van der Waals surface area (Å²) in [5.74, 6) is -1.72. The molecule has 0 aromatic heterocycles. The third-order valence-electron chi connectivity index (χ3n) is 3.18. The molecule has 0 radical (unpaired) electrons. The highest BCUT2D eigenvalue weighted by atomic mass is 19.3. The molecule has 0 heterocycles. The minimum Gasteiger partial charge on any atom is -0.495 e. The van der Waals surface area contributed by atoms with Crippen LogP contribution < -0.4 is 10.1 Å². The van der Waals surface area contributed by atoms with Gasteiger partial charge in [0.2, 0.25) is 5.92 Å². The molecule has 17 heavy (non-hydrogen) atoms. The fourth-order valence-corrected chi connectivity index (χ4v) is 2.17. The van der Waals surface area contributed by atoms with Crippen LogP contribution in [0.4, 0.5) is 14.5 Å². The maximum absolute atomic E-state index is 13.0. The molecule has 1 saturated carbocycles. The van der Waals surface area contributed by atoms with E-state index in [1.165, 1.54) is 0 Å². The van der Waals surface area contributed by atoms with Gasteiger partial charge in [-0.2, -0.15) is 0 Å². The number of methoxy groups -OCH3 is 1. The van der Waals surface area contributed by atoms with E-state index in [4.69, 9.17) is 4.74 Å². The molecule has 0 saturated heterocycles. The van der Waals surface area contributed by atoms with E-state index in [0.29, 0.717) is 12.8 Å². The Bertz CT molecular complexity index is 371. The van der Waals surface area contributed by atoms with Crippen LogP contribution in [0.15, 0.2) is 24.3 Å². The minimum atomic E-state index is -2.47. The molecule has 2 rings (SSSR count). The highest BCUT2D eigenvalue weighted by Gasteiger charge is 2.34. The van der Waals surface area contributed by atoms with Gasteiger partial charge >= 0.3 is 0 Å². The van der Waals surface area contributed by atoms with Gasteiger partial charge in [-0.3, -0.25) is 0 Å². The summed E-state index contributed by atoms with van der Waals surface area (Å²) in [5, 5.41) is 3.28. The summed E-state index contributed by atoms with van der Waals surface area (Å²) in [6, 6.07) is 7.68. The first-order chi connectivity index (χ1) is 8.11. The van der Waals surface area contributed by atoms with E-state index in [1.54, 1.807) is 7.11 Å². The number of halogens is 2. The molecular formula is C13H17F2NO. The standard InChI is InChI=1S/C13H17F2NO/c1-17-12-5-3-2-4-11(12)16-10-6-8-13(14,15)9-7-10/h2-5,10,16H,6-9H2,1H3. The van der Waals surface area contributed by atoms with Crippen LogP contribution in [0, 0.1) is 0 Å². The van der Waals surface area contributed by atoms with E-state index in [1.807, 2.05) is 24.3 Å². The number of nitrogens with one attached hydrogen (secondary N) is 1. The topological polar surface area (TPSA) is 21.3 Å². The molecule has 0 amide bonds. The number of ether oxygens (including phenoxy) is 1. The second-order valence-corrected chi connectivity index (χ2v) is 4.47. The van der Waals surface area contributed by atoms with Gasteiger partial charge in [0.1, 0.15) is 5.75 Å². The lowest BCUT2D eigenvalue weighted by atomic mass is 9.92. The maximum Gasteiger partial charge on any atom is 0.248 e. The molecular weight excluding hydrogens is 224 g/mol. The number of hydrogen-bond acceptors (Lipinski definition) is 2.